The first-order valence-electron chi connectivity index (χ1n) is 7.26. The third-order valence-corrected chi connectivity index (χ3v) is 7.40. The van der Waals surface area contributed by atoms with Gasteiger partial charge in [0.15, 0.2) is 9.84 Å². The maximum Gasteiger partial charge on any atom is 0.337 e. The lowest BCUT2D eigenvalue weighted by Gasteiger charge is -2.09. The summed E-state index contributed by atoms with van der Waals surface area (Å²) < 4.78 is 24.4. The van der Waals surface area contributed by atoms with Crippen molar-refractivity contribution in [3.05, 3.63) is 44.6 Å². The molecule has 0 aliphatic carbocycles. The predicted octanol–water partition coefficient (Wildman–Crippen LogP) is 3.70. The molecule has 140 valence electrons. The highest BCUT2D eigenvalue weighted by atomic mass is 35.5. The number of hydrogen-bond donors (Lipinski definition) is 3. The summed E-state index contributed by atoms with van der Waals surface area (Å²) in [5.41, 5.74) is 4.80. The molecular weight excluding hydrogens is 421 g/mol. The van der Waals surface area contributed by atoms with Crippen LogP contribution in [0.2, 0.25) is 10.0 Å². The minimum Gasteiger partial charge on any atom is -0.307 e. The van der Waals surface area contributed by atoms with E-state index in [0.29, 0.717) is 10.7 Å². The number of urea groups is 1. The predicted molar refractivity (Wildman–Crippen MR) is 103 cm³/mol. The van der Waals surface area contributed by atoms with Crippen molar-refractivity contribution in [2.75, 3.05) is 5.32 Å². The number of hydrazine groups is 1. The minimum absolute atomic E-state index is 0.0160. The van der Waals surface area contributed by atoms with Gasteiger partial charge in [-0.25, -0.2) is 18.6 Å². The summed E-state index contributed by atoms with van der Waals surface area (Å²) in [6, 6.07) is 5.67. The van der Waals surface area contributed by atoms with E-state index in [0.717, 1.165) is 11.3 Å². The Morgan fingerprint density at radius 3 is 2.27 bits per heavy atom. The van der Waals surface area contributed by atoms with Crippen LogP contribution in [0.1, 0.15) is 23.5 Å². The first kappa shape index (κ1) is 20.5. The summed E-state index contributed by atoms with van der Waals surface area (Å²) in [5.74, 6) is -0.725. The molecule has 0 aliphatic heterocycles. The lowest BCUT2D eigenvalue weighted by atomic mass is 10.3. The van der Waals surface area contributed by atoms with Gasteiger partial charge in [0.25, 0.3) is 5.91 Å². The number of anilines is 1. The number of carbonyl (C=O) groups is 2. The third-order valence-electron chi connectivity index (χ3n) is 3.22. The zero-order chi connectivity index (χ0) is 19.5. The van der Waals surface area contributed by atoms with Crippen LogP contribution in [0.3, 0.4) is 0 Å². The molecule has 0 atom stereocenters. The lowest BCUT2D eigenvalue weighted by molar-refractivity contribution is 0.0942. The number of rotatable bonds is 4. The van der Waals surface area contributed by atoms with Gasteiger partial charge in [-0.2, -0.15) is 0 Å². The molecule has 1 heterocycles. The molecular formula is C15H15Cl2N3O4S2. The zero-order valence-electron chi connectivity index (χ0n) is 13.7. The van der Waals surface area contributed by atoms with Gasteiger partial charge in [0.2, 0.25) is 0 Å². The van der Waals surface area contributed by atoms with Crippen molar-refractivity contribution < 1.29 is 18.0 Å². The van der Waals surface area contributed by atoms with Crippen molar-refractivity contribution in [3.63, 3.8) is 0 Å². The zero-order valence-corrected chi connectivity index (χ0v) is 16.8. The minimum atomic E-state index is -3.61. The summed E-state index contributed by atoms with van der Waals surface area (Å²) >= 11 is 12.7. The van der Waals surface area contributed by atoms with Gasteiger partial charge in [0.05, 0.1) is 15.2 Å². The van der Waals surface area contributed by atoms with Gasteiger partial charge in [-0.3, -0.25) is 10.2 Å². The first-order chi connectivity index (χ1) is 12.1. The maximum absolute atomic E-state index is 12.2. The Bertz CT molecular complexity index is 925. The highest BCUT2D eigenvalue weighted by Gasteiger charge is 2.27. The highest BCUT2D eigenvalue weighted by molar-refractivity contribution is 7.92. The number of carbonyl (C=O) groups excluding carboxylic acids is 2. The molecule has 2 aromatic rings. The van der Waals surface area contributed by atoms with Gasteiger partial charge >= 0.3 is 6.03 Å². The van der Waals surface area contributed by atoms with Crippen molar-refractivity contribution in [2.24, 2.45) is 0 Å². The van der Waals surface area contributed by atoms with E-state index in [4.69, 9.17) is 23.2 Å². The maximum atomic E-state index is 12.2. The van der Waals surface area contributed by atoms with Crippen molar-refractivity contribution in [2.45, 2.75) is 24.0 Å². The fourth-order valence-electron chi connectivity index (χ4n) is 1.79. The molecule has 0 bridgehead atoms. The van der Waals surface area contributed by atoms with E-state index in [2.05, 4.69) is 16.2 Å². The number of hydrogen-bond acceptors (Lipinski definition) is 5. The molecule has 3 N–H and O–H groups in total. The van der Waals surface area contributed by atoms with Crippen LogP contribution in [-0.2, 0) is 9.84 Å². The molecule has 3 amide bonds. The fraction of sp³-hybridized carbons (Fsp3) is 0.200. The van der Waals surface area contributed by atoms with E-state index < -0.39 is 27.0 Å². The van der Waals surface area contributed by atoms with Gasteiger partial charge < -0.3 is 5.32 Å². The van der Waals surface area contributed by atoms with E-state index >= 15 is 0 Å². The van der Waals surface area contributed by atoms with E-state index in [1.54, 1.807) is 24.3 Å². The summed E-state index contributed by atoms with van der Waals surface area (Å²) in [6.07, 6.45) is 0. The molecule has 2 rings (SSSR count). The Labute approximate surface area is 164 Å². The Morgan fingerprint density at radius 1 is 1.08 bits per heavy atom. The molecule has 0 fully saturated rings. The number of benzene rings is 1. The van der Waals surface area contributed by atoms with Crippen molar-refractivity contribution in [1.29, 1.82) is 0 Å². The Balaban J connectivity index is 2.01. The Kier molecular flexibility index (Phi) is 6.51. The second-order valence-electron chi connectivity index (χ2n) is 5.38. The third kappa shape index (κ3) is 4.67. The fourth-order valence-corrected chi connectivity index (χ4v) is 4.90. The monoisotopic (exact) mass is 435 g/mol. The molecule has 0 unspecified atom stereocenters. The lowest BCUT2D eigenvalue weighted by Crippen LogP contribution is -2.43. The van der Waals surface area contributed by atoms with Crippen molar-refractivity contribution >= 4 is 62.0 Å². The number of halogens is 2. The van der Waals surface area contributed by atoms with Crippen LogP contribution in [0, 0.1) is 0 Å². The standard InChI is InChI=1S/C15H15Cl2N3O4S2/c1-8(2)26(23,24)11-7-25-13(12(11)17)14(21)19-20-15(22)18-10-5-3-9(16)4-6-10/h3-8H,1-2H3,(H,19,21)(H2,18,20,22). The van der Waals surface area contributed by atoms with Gasteiger partial charge in [-0.05, 0) is 38.1 Å². The van der Waals surface area contributed by atoms with E-state index in [-0.39, 0.29) is 14.8 Å². The second-order valence-corrected chi connectivity index (χ2v) is 9.54. The molecule has 7 nitrogen and oxygen atoms in total. The average molecular weight is 436 g/mol. The molecule has 26 heavy (non-hydrogen) atoms. The molecule has 1 aromatic carbocycles. The SMILES string of the molecule is CC(C)S(=O)(=O)c1csc(C(=O)NNC(=O)Nc2ccc(Cl)cc2)c1Cl. The molecule has 1 aromatic heterocycles. The van der Waals surface area contributed by atoms with Gasteiger partial charge in [-0.1, -0.05) is 23.2 Å². The largest absolute Gasteiger partial charge is 0.337 e. The molecule has 0 saturated heterocycles. The van der Waals surface area contributed by atoms with Gasteiger partial charge in [-0.15, -0.1) is 11.3 Å². The van der Waals surface area contributed by atoms with Crippen LogP contribution in [0.15, 0.2) is 34.5 Å². The van der Waals surface area contributed by atoms with Crippen LogP contribution in [0.25, 0.3) is 0 Å². The molecule has 0 spiro atoms. The number of thiophene rings is 1. The van der Waals surface area contributed by atoms with Crippen molar-refractivity contribution in [1.82, 2.24) is 10.9 Å². The topological polar surface area (TPSA) is 104 Å². The van der Waals surface area contributed by atoms with Gasteiger partial charge in [0.1, 0.15) is 4.88 Å². The van der Waals surface area contributed by atoms with Crippen molar-refractivity contribution in [3.8, 4) is 0 Å². The molecule has 0 radical (unpaired) electrons. The van der Waals surface area contributed by atoms with E-state index in [1.807, 2.05) is 0 Å². The summed E-state index contributed by atoms with van der Waals surface area (Å²) in [6.45, 7) is 3.04. The van der Waals surface area contributed by atoms with Crippen LogP contribution in [-0.4, -0.2) is 25.6 Å². The number of amides is 3. The Hall–Kier alpha value is -1.81. The normalized spacial score (nSPS) is 11.3. The van der Waals surface area contributed by atoms with E-state index in [9.17, 15) is 18.0 Å². The van der Waals surface area contributed by atoms with Gasteiger partial charge in [0, 0.05) is 16.1 Å². The smallest absolute Gasteiger partial charge is 0.307 e. The quantitative estimate of drug-likeness (QED) is 0.636. The summed E-state index contributed by atoms with van der Waals surface area (Å²) in [7, 11) is -3.61. The molecule has 0 saturated carbocycles. The highest BCUT2D eigenvalue weighted by Crippen LogP contribution is 2.33. The van der Waals surface area contributed by atoms with Crippen LogP contribution >= 0.6 is 34.5 Å². The molecule has 11 heteroatoms. The molecule has 0 aliphatic rings. The van der Waals surface area contributed by atoms with Crippen LogP contribution in [0.4, 0.5) is 10.5 Å². The van der Waals surface area contributed by atoms with Crippen LogP contribution < -0.4 is 16.2 Å². The average Bonchev–Trinajstić information content (AvgIpc) is 2.97. The summed E-state index contributed by atoms with van der Waals surface area (Å²) in [5, 5.41) is 3.47. The van der Waals surface area contributed by atoms with E-state index in [1.165, 1.54) is 19.2 Å². The summed E-state index contributed by atoms with van der Waals surface area (Å²) in [4.78, 5) is 23.8. The Morgan fingerprint density at radius 2 is 1.69 bits per heavy atom. The van der Waals surface area contributed by atoms with Crippen LogP contribution in [0.5, 0.6) is 0 Å². The second kappa shape index (κ2) is 8.26. The number of nitrogens with one attached hydrogen (secondary N) is 3. The first-order valence-corrected chi connectivity index (χ1v) is 10.4. The number of sulfone groups is 1.